The van der Waals surface area contributed by atoms with Gasteiger partial charge in [0.15, 0.2) is 0 Å². The van der Waals surface area contributed by atoms with Crippen molar-refractivity contribution < 1.29 is 0 Å². The maximum atomic E-state index is 5.84. The van der Waals surface area contributed by atoms with Gasteiger partial charge in [-0.25, -0.2) is 0 Å². The summed E-state index contributed by atoms with van der Waals surface area (Å²) in [5.41, 5.74) is 8.00. The van der Waals surface area contributed by atoms with Crippen molar-refractivity contribution in [3.05, 3.63) is 28.2 Å². The summed E-state index contributed by atoms with van der Waals surface area (Å²) in [6.07, 6.45) is 5.09. The minimum absolute atomic E-state index is 0.246. The Labute approximate surface area is 135 Å². The van der Waals surface area contributed by atoms with E-state index in [1.54, 1.807) is 0 Å². The average molecular weight is 356 g/mol. The zero-order valence-electron chi connectivity index (χ0n) is 12.1. The molecule has 0 unspecified atom stereocenters. The van der Waals surface area contributed by atoms with Gasteiger partial charge in [0.2, 0.25) is 0 Å². The highest BCUT2D eigenvalue weighted by Crippen LogP contribution is 2.34. The molecule has 1 aliphatic rings. The number of likely N-dealkylation sites (N-methyl/N-ethyl adjacent to an activating group) is 1. The van der Waals surface area contributed by atoms with Crippen molar-refractivity contribution in [3.63, 3.8) is 0 Å². The molecule has 0 aromatic heterocycles. The van der Waals surface area contributed by atoms with Crippen LogP contribution >= 0.6 is 28.1 Å². The van der Waals surface area contributed by atoms with E-state index in [2.05, 4.69) is 40.2 Å². The third kappa shape index (κ3) is 3.15. The van der Waals surface area contributed by atoms with Gasteiger partial charge in [-0.2, -0.15) is 0 Å². The highest BCUT2D eigenvalue weighted by Gasteiger charge is 2.35. The number of nitrogens with one attached hydrogen (secondary N) is 1. The lowest BCUT2D eigenvalue weighted by molar-refractivity contribution is 0.172. The predicted octanol–water partition coefficient (Wildman–Crippen LogP) is 3.37. The van der Waals surface area contributed by atoms with Gasteiger partial charge in [0.1, 0.15) is 4.99 Å². The molecule has 0 spiro atoms. The molecule has 0 aliphatic heterocycles. The SMILES string of the molecule is CN(C)C1(CNc2cccc(Br)c2C(N)=S)CCCC1. The summed E-state index contributed by atoms with van der Waals surface area (Å²) in [7, 11) is 4.34. The van der Waals surface area contributed by atoms with Crippen molar-refractivity contribution in [2.45, 2.75) is 31.2 Å². The van der Waals surface area contributed by atoms with Crippen LogP contribution < -0.4 is 11.1 Å². The van der Waals surface area contributed by atoms with E-state index in [9.17, 15) is 0 Å². The first-order valence-corrected chi connectivity index (χ1v) is 8.16. The molecule has 0 saturated heterocycles. The van der Waals surface area contributed by atoms with Gasteiger partial charge in [0.25, 0.3) is 0 Å². The Morgan fingerprint density at radius 3 is 2.60 bits per heavy atom. The molecular weight excluding hydrogens is 334 g/mol. The first-order chi connectivity index (χ1) is 9.46. The quantitative estimate of drug-likeness (QED) is 0.794. The van der Waals surface area contributed by atoms with Crippen LogP contribution in [0.3, 0.4) is 0 Å². The van der Waals surface area contributed by atoms with Gasteiger partial charge in [-0.1, -0.05) is 31.1 Å². The first kappa shape index (κ1) is 15.7. The first-order valence-electron chi connectivity index (χ1n) is 6.96. The molecule has 0 bridgehead atoms. The fourth-order valence-corrected chi connectivity index (χ4v) is 3.93. The highest BCUT2D eigenvalue weighted by atomic mass is 79.9. The van der Waals surface area contributed by atoms with Gasteiger partial charge in [0.05, 0.1) is 0 Å². The fraction of sp³-hybridized carbons (Fsp3) is 0.533. The molecule has 3 N–H and O–H groups in total. The zero-order chi connectivity index (χ0) is 14.8. The van der Waals surface area contributed by atoms with Crippen molar-refractivity contribution in [1.82, 2.24) is 4.90 Å². The van der Waals surface area contributed by atoms with E-state index in [4.69, 9.17) is 18.0 Å². The van der Waals surface area contributed by atoms with Crippen molar-refractivity contribution in [2.24, 2.45) is 5.73 Å². The van der Waals surface area contributed by atoms with E-state index in [1.807, 2.05) is 18.2 Å². The maximum Gasteiger partial charge on any atom is 0.107 e. The highest BCUT2D eigenvalue weighted by molar-refractivity contribution is 9.10. The summed E-state index contributed by atoms with van der Waals surface area (Å²) in [4.78, 5) is 2.77. The smallest absolute Gasteiger partial charge is 0.107 e. The minimum Gasteiger partial charge on any atom is -0.389 e. The lowest BCUT2D eigenvalue weighted by atomic mass is 9.95. The molecule has 1 aliphatic carbocycles. The molecule has 1 saturated carbocycles. The summed E-state index contributed by atoms with van der Waals surface area (Å²) in [6.45, 7) is 0.923. The van der Waals surface area contributed by atoms with E-state index >= 15 is 0 Å². The van der Waals surface area contributed by atoms with Crippen LogP contribution in [0.4, 0.5) is 5.69 Å². The topological polar surface area (TPSA) is 41.3 Å². The molecule has 5 heteroatoms. The molecule has 1 aromatic carbocycles. The predicted molar refractivity (Wildman–Crippen MR) is 93.4 cm³/mol. The van der Waals surface area contributed by atoms with E-state index in [-0.39, 0.29) is 5.54 Å². The van der Waals surface area contributed by atoms with Crippen LogP contribution in [0.2, 0.25) is 0 Å². The number of hydrogen-bond acceptors (Lipinski definition) is 3. The van der Waals surface area contributed by atoms with Crippen LogP contribution in [0.5, 0.6) is 0 Å². The van der Waals surface area contributed by atoms with E-state index in [0.717, 1.165) is 22.3 Å². The Morgan fingerprint density at radius 2 is 2.05 bits per heavy atom. The van der Waals surface area contributed by atoms with Crippen LogP contribution in [0.15, 0.2) is 22.7 Å². The lowest BCUT2D eigenvalue weighted by Crippen LogP contribution is -2.47. The molecule has 0 amide bonds. The summed E-state index contributed by atoms with van der Waals surface area (Å²) in [5, 5.41) is 3.56. The molecule has 3 nitrogen and oxygen atoms in total. The largest absolute Gasteiger partial charge is 0.389 e. The summed E-state index contributed by atoms with van der Waals surface area (Å²) < 4.78 is 0.945. The molecule has 0 radical (unpaired) electrons. The molecule has 0 heterocycles. The van der Waals surface area contributed by atoms with Crippen molar-refractivity contribution in [1.29, 1.82) is 0 Å². The third-order valence-electron chi connectivity index (χ3n) is 4.35. The lowest BCUT2D eigenvalue weighted by Gasteiger charge is -2.37. The average Bonchev–Trinajstić information content (AvgIpc) is 2.86. The number of anilines is 1. The van der Waals surface area contributed by atoms with Crippen LogP contribution in [0.1, 0.15) is 31.2 Å². The van der Waals surface area contributed by atoms with Crippen LogP contribution in [0.25, 0.3) is 0 Å². The van der Waals surface area contributed by atoms with Crippen molar-refractivity contribution >= 4 is 38.8 Å². The zero-order valence-corrected chi connectivity index (χ0v) is 14.5. The van der Waals surface area contributed by atoms with Gasteiger partial charge < -0.3 is 16.0 Å². The molecule has 20 heavy (non-hydrogen) atoms. The number of nitrogens with zero attached hydrogens (tertiary/aromatic N) is 1. The van der Waals surface area contributed by atoms with Gasteiger partial charge >= 0.3 is 0 Å². The van der Waals surface area contributed by atoms with Crippen molar-refractivity contribution in [3.8, 4) is 0 Å². The van der Waals surface area contributed by atoms with Crippen LogP contribution in [0, 0.1) is 0 Å². The second kappa shape index (κ2) is 6.41. The van der Waals surface area contributed by atoms with Gasteiger partial charge in [0, 0.05) is 27.8 Å². The Morgan fingerprint density at radius 1 is 1.40 bits per heavy atom. The van der Waals surface area contributed by atoms with E-state index in [1.165, 1.54) is 25.7 Å². The van der Waals surface area contributed by atoms with Gasteiger partial charge in [-0.05, 0) is 55.0 Å². The molecule has 2 rings (SSSR count). The number of nitrogens with two attached hydrogens (primary N) is 1. The molecule has 1 aromatic rings. The number of thiocarbonyl (C=S) groups is 1. The molecule has 110 valence electrons. The van der Waals surface area contributed by atoms with Crippen LogP contribution in [-0.4, -0.2) is 36.1 Å². The molecular formula is C15H22BrN3S. The van der Waals surface area contributed by atoms with Crippen LogP contribution in [-0.2, 0) is 0 Å². The van der Waals surface area contributed by atoms with E-state index < -0.39 is 0 Å². The number of benzene rings is 1. The Hall–Kier alpha value is -0.650. The Balaban J connectivity index is 2.19. The maximum absolute atomic E-state index is 5.84. The van der Waals surface area contributed by atoms with E-state index in [0.29, 0.717) is 4.99 Å². The fourth-order valence-electron chi connectivity index (χ4n) is 3.00. The second-order valence-electron chi connectivity index (χ2n) is 5.71. The second-order valence-corrected chi connectivity index (χ2v) is 7.00. The normalized spacial score (nSPS) is 17.4. The molecule has 0 atom stereocenters. The Kier molecular flexibility index (Phi) is 5.04. The molecule has 1 fully saturated rings. The number of rotatable bonds is 5. The summed E-state index contributed by atoms with van der Waals surface area (Å²) in [6, 6.07) is 6.01. The van der Waals surface area contributed by atoms with Crippen molar-refractivity contribution in [2.75, 3.05) is 26.0 Å². The minimum atomic E-state index is 0.246. The Bertz CT molecular complexity index is 496. The number of halogens is 1. The monoisotopic (exact) mass is 355 g/mol. The van der Waals surface area contributed by atoms with Gasteiger partial charge in [-0.3, -0.25) is 0 Å². The standard InChI is InChI=1S/C15H22BrN3S/c1-19(2)15(8-3-4-9-15)10-18-12-7-5-6-11(16)13(12)14(17)20/h5-7,18H,3-4,8-10H2,1-2H3,(H2,17,20). The van der Waals surface area contributed by atoms with Gasteiger partial charge in [-0.15, -0.1) is 0 Å². The number of hydrogen-bond donors (Lipinski definition) is 2. The summed E-state index contributed by atoms with van der Waals surface area (Å²) >= 11 is 8.69. The summed E-state index contributed by atoms with van der Waals surface area (Å²) in [5.74, 6) is 0. The third-order valence-corrected chi connectivity index (χ3v) is 5.22.